The van der Waals surface area contributed by atoms with Crippen LogP contribution in [-0.2, 0) is 15.9 Å². The topological polar surface area (TPSA) is 80.9 Å². The summed E-state index contributed by atoms with van der Waals surface area (Å²) in [5.74, 6) is 0.870. The molecule has 0 aliphatic carbocycles. The van der Waals surface area contributed by atoms with Gasteiger partial charge in [-0.25, -0.2) is 4.98 Å². The number of aliphatic imine (C=N–C) groups is 1. The van der Waals surface area contributed by atoms with Crippen molar-refractivity contribution in [3.63, 3.8) is 0 Å². The lowest BCUT2D eigenvalue weighted by Gasteiger charge is -2.28. The smallest absolute Gasteiger partial charge is 0.293 e. The Labute approximate surface area is 230 Å². The van der Waals surface area contributed by atoms with Gasteiger partial charge in [0.2, 0.25) is 0 Å². The van der Waals surface area contributed by atoms with Crippen LogP contribution in [0.3, 0.4) is 0 Å². The van der Waals surface area contributed by atoms with E-state index in [9.17, 15) is 10.1 Å². The van der Waals surface area contributed by atoms with E-state index in [1.807, 2.05) is 29.2 Å². The average Bonchev–Trinajstić information content (AvgIpc) is 3.33. The third kappa shape index (κ3) is 6.23. The molecular weight excluding hydrogens is 516 g/mol. The summed E-state index contributed by atoms with van der Waals surface area (Å²) in [6.07, 6.45) is 1.68. The van der Waals surface area contributed by atoms with E-state index in [2.05, 4.69) is 50.0 Å². The van der Waals surface area contributed by atoms with E-state index < -0.39 is 0 Å². The molecule has 1 aliphatic heterocycles. The van der Waals surface area contributed by atoms with Gasteiger partial charge in [-0.15, -0.1) is 11.3 Å². The Bertz CT molecular complexity index is 1470. The summed E-state index contributed by atoms with van der Waals surface area (Å²) in [5, 5.41) is 11.7. The maximum atomic E-state index is 11.7. The van der Waals surface area contributed by atoms with Crippen molar-refractivity contribution < 1.29 is 9.66 Å². The van der Waals surface area contributed by atoms with Crippen LogP contribution in [0, 0.1) is 10.1 Å². The maximum absolute atomic E-state index is 11.7. The van der Waals surface area contributed by atoms with Crippen molar-refractivity contribution in [1.82, 2.24) is 4.98 Å². The van der Waals surface area contributed by atoms with Crippen molar-refractivity contribution >= 4 is 56.6 Å². The first-order chi connectivity index (χ1) is 18.3. The zero-order valence-corrected chi connectivity index (χ0v) is 23.3. The van der Waals surface area contributed by atoms with Gasteiger partial charge in [0, 0.05) is 31.1 Å². The molecule has 1 aromatic heterocycles. The summed E-state index contributed by atoms with van der Waals surface area (Å²) in [5.41, 5.74) is 5.90. The number of nitro benzene ring substituents is 1. The molecule has 0 amide bonds. The summed E-state index contributed by atoms with van der Waals surface area (Å²) < 4.78 is 7.47. The monoisotopic (exact) mass is 546 g/mol. The van der Waals surface area contributed by atoms with Crippen molar-refractivity contribution in [2.45, 2.75) is 36.3 Å². The number of fused-ring (bicyclic) bond motifs is 1. The predicted molar refractivity (Wildman–Crippen MR) is 158 cm³/mol. The molecule has 0 bridgehead atoms. The molecule has 1 saturated heterocycles. The van der Waals surface area contributed by atoms with Gasteiger partial charge in [-0.3, -0.25) is 15.1 Å². The van der Waals surface area contributed by atoms with Crippen molar-refractivity contribution in [3.05, 3.63) is 87.5 Å². The van der Waals surface area contributed by atoms with E-state index in [0.29, 0.717) is 37.6 Å². The summed E-state index contributed by atoms with van der Waals surface area (Å²) in [6.45, 7) is 9.11. The molecule has 0 N–H and O–H groups in total. The van der Waals surface area contributed by atoms with Crippen LogP contribution >= 0.6 is 23.1 Å². The van der Waals surface area contributed by atoms with E-state index in [0.717, 1.165) is 26.0 Å². The number of thioether (sulfide) groups is 1. The fraction of sp³-hybridized carbons (Fsp3) is 0.310. The largest absolute Gasteiger partial charge is 0.378 e. The Kier molecular flexibility index (Phi) is 7.78. The van der Waals surface area contributed by atoms with Gasteiger partial charge in [-0.1, -0.05) is 62.9 Å². The van der Waals surface area contributed by atoms with Crippen LogP contribution in [0.15, 0.2) is 70.0 Å². The molecule has 0 radical (unpaired) electrons. The Morgan fingerprint density at radius 1 is 1.11 bits per heavy atom. The summed E-state index contributed by atoms with van der Waals surface area (Å²) in [7, 11) is 0. The van der Waals surface area contributed by atoms with E-state index in [4.69, 9.17) is 9.72 Å². The lowest BCUT2D eigenvalue weighted by molar-refractivity contribution is -0.384. The first-order valence-corrected chi connectivity index (χ1v) is 14.3. The lowest BCUT2D eigenvalue weighted by atomic mass is 9.87. The normalized spacial score (nSPS) is 14.4. The third-order valence-electron chi connectivity index (χ3n) is 6.45. The average molecular weight is 547 g/mol. The molecule has 4 aromatic rings. The molecule has 1 fully saturated rings. The minimum atomic E-state index is -0.330. The number of hydrogen-bond acceptors (Lipinski definition) is 8. The van der Waals surface area contributed by atoms with Gasteiger partial charge < -0.3 is 9.64 Å². The van der Waals surface area contributed by atoms with Gasteiger partial charge in [0.15, 0.2) is 4.34 Å². The molecule has 5 rings (SSSR count). The maximum Gasteiger partial charge on any atom is 0.293 e. The zero-order valence-electron chi connectivity index (χ0n) is 21.7. The molecule has 9 heteroatoms. The molecule has 196 valence electrons. The Balaban J connectivity index is 1.27. The predicted octanol–water partition coefficient (Wildman–Crippen LogP) is 7.38. The first kappa shape index (κ1) is 26.3. The van der Waals surface area contributed by atoms with Gasteiger partial charge in [0.1, 0.15) is 5.69 Å². The molecule has 3 aromatic carbocycles. The number of nitrogens with zero attached hydrogens (tertiary/aromatic N) is 4. The highest BCUT2D eigenvalue weighted by molar-refractivity contribution is 8.00. The number of thiazole rings is 1. The highest BCUT2D eigenvalue weighted by Gasteiger charge is 2.21. The number of aromatic nitrogens is 1. The van der Waals surface area contributed by atoms with Gasteiger partial charge >= 0.3 is 0 Å². The van der Waals surface area contributed by atoms with E-state index in [1.165, 1.54) is 11.1 Å². The van der Waals surface area contributed by atoms with E-state index >= 15 is 0 Å². The zero-order chi connectivity index (χ0) is 26.7. The minimum Gasteiger partial charge on any atom is -0.378 e. The van der Waals surface area contributed by atoms with Crippen molar-refractivity contribution in [2.75, 3.05) is 31.2 Å². The molecule has 0 atom stereocenters. The summed E-state index contributed by atoms with van der Waals surface area (Å²) >= 11 is 3.40. The standard InChI is InChI=1S/C29H30N4O3S2/c1-29(2,3)22-7-4-20(5-8-22)19-37-28-31-24-10-9-23(17-27(24)38-28)30-18-21-6-11-25(26(16-21)33(34)35)32-12-14-36-15-13-32/h4-11,16-18H,12-15,19H2,1-3H3. The second kappa shape index (κ2) is 11.2. The third-order valence-corrected chi connectivity index (χ3v) is 8.68. The number of ether oxygens (including phenoxy) is 1. The Hall–Kier alpha value is -3.27. The van der Waals surface area contributed by atoms with Crippen LogP contribution in [0.4, 0.5) is 17.1 Å². The van der Waals surface area contributed by atoms with Crippen molar-refractivity contribution in [2.24, 2.45) is 4.99 Å². The molecule has 2 heterocycles. The highest BCUT2D eigenvalue weighted by atomic mass is 32.2. The fourth-order valence-corrected chi connectivity index (χ4v) is 6.33. The fourth-order valence-electron chi connectivity index (χ4n) is 4.27. The SMILES string of the molecule is CC(C)(C)c1ccc(CSc2nc3ccc(N=Cc4ccc(N5CCOCC5)c([N+](=O)[O-])c4)cc3s2)cc1. The highest BCUT2D eigenvalue weighted by Crippen LogP contribution is 2.34. The number of hydrogen-bond donors (Lipinski definition) is 0. The molecular formula is C29H30N4O3S2. The van der Waals surface area contributed by atoms with Crippen LogP contribution in [0.25, 0.3) is 10.2 Å². The number of morpholine rings is 1. The van der Waals surface area contributed by atoms with Gasteiger partial charge in [-0.2, -0.15) is 0 Å². The molecule has 1 aliphatic rings. The molecule has 0 spiro atoms. The first-order valence-electron chi connectivity index (χ1n) is 12.5. The quantitative estimate of drug-likeness (QED) is 0.104. The van der Waals surface area contributed by atoms with Gasteiger partial charge in [0.25, 0.3) is 5.69 Å². The van der Waals surface area contributed by atoms with Crippen molar-refractivity contribution in [1.29, 1.82) is 0 Å². The summed E-state index contributed by atoms with van der Waals surface area (Å²) in [4.78, 5) is 22.8. The number of nitro groups is 1. The second-order valence-electron chi connectivity index (χ2n) is 10.2. The Morgan fingerprint density at radius 2 is 1.87 bits per heavy atom. The molecule has 7 nitrogen and oxygen atoms in total. The molecule has 38 heavy (non-hydrogen) atoms. The van der Waals surface area contributed by atoms with Crippen LogP contribution < -0.4 is 4.90 Å². The number of benzene rings is 3. The molecule has 0 saturated carbocycles. The van der Waals surface area contributed by atoms with E-state index in [1.54, 1.807) is 41.4 Å². The summed E-state index contributed by atoms with van der Waals surface area (Å²) in [6, 6.07) is 20.0. The minimum absolute atomic E-state index is 0.0865. The van der Waals surface area contributed by atoms with Gasteiger partial charge in [0.05, 0.1) is 34.0 Å². The lowest BCUT2D eigenvalue weighted by Crippen LogP contribution is -2.36. The number of rotatable bonds is 7. The Morgan fingerprint density at radius 3 is 2.58 bits per heavy atom. The van der Waals surface area contributed by atoms with Crippen molar-refractivity contribution in [3.8, 4) is 0 Å². The molecule has 0 unspecified atom stereocenters. The van der Waals surface area contributed by atoms with E-state index in [-0.39, 0.29) is 16.0 Å². The van der Waals surface area contributed by atoms with Crippen LogP contribution in [0.2, 0.25) is 0 Å². The number of anilines is 1. The van der Waals surface area contributed by atoms with Gasteiger partial charge in [-0.05, 0) is 46.4 Å². The van der Waals surface area contributed by atoms with Crippen LogP contribution in [0.5, 0.6) is 0 Å². The van der Waals surface area contributed by atoms with Crippen LogP contribution in [0.1, 0.15) is 37.5 Å². The second-order valence-corrected chi connectivity index (χ2v) is 12.5. The van der Waals surface area contributed by atoms with Crippen LogP contribution in [-0.4, -0.2) is 42.4 Å².